The summed E-state index contributed by atoms with van der Waals surface area (Å²) < 4.78 is 0. The number of rotatable bonds is 5. The van der Waals surface area contributed by atoms with Crippen molar-refractivity contribution in [3.63, 3.8) is 0 Å². The summed E-state index contributed by atoms with van der Waals surface area (Å²) in [5, 5.41) is 39.5. The highest BCUT2D eigenvalue weighted by Crippen LogP contribution is 2.28. The average Bonchev–Trinajstić information content (AvgIpc) is 2.48. The molecule has 2 aromatic carbocycles. The third-order valence-corrected chi connectivity index (χ3v) is 3.11. The van der Waals surface area contributed by atoms with Gasteiger partial charge in [-0.15, -0.1) is 0 Å². The maximum Gasteiger partial charge on any atom is 0.339 e. The molecule has 0 aromatic heterocycles. The first-order chi connectivity index (χ1) is 11.3. The van der Waals surface area contributed by atoms with Crippen LogP contribution in [-0.2, 0) is 11.2 Å². The Balaban J connectivity index is 2.31. The second-order valence-corrected chi connectivity index (χ2v) is 4.92. The Labute approximate surface area is 135 Å². The number of aromatic hydroxyl groups is 2. The Hall–Kier alpha value is -3.55. The average molecular weight is 331 g/mol. The molecule has 0 spiro atoms. The first-order valence-electron chi connectivity index (χ1n) is 6.69. The van der Waals surface area contributed by atoms with Crippen LogP contribution in [0.25, 0.3) is 0 Å². The number of hydrogen-bond donors (Lipinski definition) is 5. The topological polar surface area (TPSA) is 144 Å². The molecule has 2 rings (SSSR count). The van der Waals surface area contributed by atoms with Gasteiger partial charge in [-0.2, -0.15) is 0 Å². The Bertz CT molecular complexity index is 829. The number of anilines is 1. The first kappa shape index (κ1) is 16.8. The predicted octanol–water partition coefficient (Wildman–Crippen LogP) is 1.68. The highest BCUT2D eigenvalue weighted by molar-refractivity contribution is 6.08. The number of carbonyl (C=O) groups excluding carboxylic acids is 1. The standard InChI is InChI=1S/C16H13NO7/c18-10-6-11(14(21)12(7-10)16(23)24)15(22)17-9-3-1-2-8(4-9)5-13(19)20/h1-4,6-7,18,21H,5H2,(H,17,22)(H,19,20)(H,23,24). The third kappa shape index (κ3) is 3.80. The van der Waals surface area contributed by atoms with Gasteiger partial charge < -0.3 is 25.7 Å². The van der Waals surface area contributed by atoms with E-state index in [1.807, 2.05) is 0 Å². The van der Waals surface area contributed by atoms with Gasteiger partial charge in [-0.25, -0.2) is 4.79 Å². The third-order valence-electron chi connectivity index (χ3n) is 3.11. The lowest BCUT2D eigenvalue weighted by Crippen LogP contribution is -2.14. The van der Waals surface area contributed by atoms with E-state index in [4.69, 9.17) is 10.2 Å². The van der Waals surface area contributed by atoms with Crippen LogP contribution >= 0.6 is 0 Å². The van der Waals surface area contributed by atoms with Gasteiger partial charge in [0.05, 0.1) is 12.0 Å². The van der Waals surface area contributed by atoms with E-state index in [-0.39, 0.29) is 12.1 Å². The number of carboxylic acid groups (broad SMARTS) is 2. The summed E-state index contributed by atoms with van der Waals surface area (Å²) in [5.41, 5.74) is -0.319. The molecule has 0 saturated carbocycles. The van der Waals surface area contributed by atoms with Gasteiger partial charge in [0.15, 0.2) is 0 Å². The zero-order valence-corrected chi connectivity index (χ0v) is 12.2. The highest BCUT2D eigenvalue weighted by atomic mass is 16.4. The fourth-order valence-corrected chi connectivity index (χ4v) is 2.09. The van der Waals surface area contributed by atoms with Crippen LogP contribution in [0.5, 0.6) is 11.5 Å². The molecule has 5 N–H and O–H groups in total. The molecule has 0 aliphatic heterocycles. The van der Waals surface area contributed by atoms with Crippen molar-refractivity contribution < 1.29 is 34.8 Å². The van der Waals surface area contributed by atoms with Gasteiger partial charge in [0.25, 0.3) is 5.91 Å². The lowest BCUT2D eigenvalue weighted by molar-refractivity contribution is -0.136. The number of benzene rings is 2. The van der Waals surface area contributed by atoms with E-state index in [0.717, 1.165) is 12.1 Å². The van der Waals surface area contributed by atoms with Crippen LogP contribution in [0, 0.1) is 0 Å². The number of carbonyl (C=O) groups is 3. The molecule has 0 fully saturated rings. The Morgan fingerprint density at radius 1 is 0.958 bits per heavy atom. The predicted molar refractivity (Wildman–Crippen MR) is 82.5 cm³/mol. The minimum atomic E-state index is -1.50. The van der Waals surface area contributed by atoms with Gasteiger partial charge in [-0.1, -0.05) is 12.1 Å². The molecule has 1 amide bonds. The van der Waals surface area contributed by atoms with Crippen LogP contribution in [0.3, 0.4) is 0 Å². The summed E-state index contributed by atoms with van der Waals surface area (Å²) in [5.74, 6) is -4.65. The van der Waals surface area contributed by atoms with Crippen molar-refractivity contribution in [1.82, 2.24) is 0 Å². The molecule has 0 aliphatic carbocycles. The molecular weight excluding hydrogens is 318 g/mol. The molecule has 0 atom stereocenters. The largest absolute Gasteiger partial charge is 0.508 e. The van der Waals surface area contributed by atoms with Crippen molar-refractivity contribution in [3.8, 4) is 11.5 Å². The summed E-state index contributed by atoms with van der Waals surface area (Å²) in [6, 6.07) is 7.79. The van der Waals surface area contributed by atoms with E-state index < -0.39 is 40.5 Å². The summed E-state index contributed by atoms with van der Waals surface area (Å²) in [4.78, 5) is 33.9. The van der Waals surface area contributed by atoms with Crippen LogP contribution in [0.1, 0.15) is 26.3 Å². The smallest absolute Gasteiger partial charge is 0.339 e. The van der Waals surface area contributed by atoms with Crippen molar-refractivity contribution >= 4 is 23.5 Å². The number of nitrogens with one attached hydrogen (secondary N) is 1. The number of carboxylic acids is 2. The lowest BCUT2D eigenvalue weighted by Gasteiger charge is -2.10. The molecule has 0 aliphatic rings. The first-order valence-corrected chi connectivity index (χ1v) is 6.69. The van der Waals surface area contributed by atoms with Crippen LogP contribution in [0.15, 0.2) is 36.4 Å². The molecule has 0 saturated heterocycles. The molecular formula is C16H13NO7. The maximum absolute atomic E-state index is 12.2. The van der Waals surface area contributed by atoms with Gasteiger partial charge in [-0.3, -0.25) is 9.59 Å². The molecule has 24 heavy (non-hydrogen) atoms. The minimum Gasteiger partial charge on any atom is -0.508 e. The Morgan fingerprint density at radius 2 is 1.62 bits per heavy atom. The molecule has 8 nitrogen and oxygen atoms in total. The van der Waals surface area contributed by atoms with Crippen molar-refractivity contribution in [1.29, 1.82) is 0 Å². The summed E-state index contributed by atoms with van der Waals surface area (Å²) >= 11 is 0. The van der Waals surface area contributed by atoms with Gasteiger partial charge in [0.1, 0.15) is 17.1 Å². The van der Waals surface area contributed by atoms with E-state index in [9.17, 15) is 24.6 Å². The molecule has 2 aromatic rings. The summed E-state index contributed by atoms with van der Waals surface area (Å²) in [7, 11) is 0. The number of aliphatic carboxylic acids is 1. The van der Waals surface area contributed by atoms with Crippen molar-refractivity contribution in [2.24, 2.45) is 0 Å². The van der Waals surface area contributed by atoms with Crippen LogP contribution < -0.4 is 5.32 Å². The monoisotopic (exact) mass is 331 g/mol. The van der Waals surface area contributed by atoms with Gasteiger partial charge in [0.2, 0.25) is 0 Å². The molecule has 124 valence electrons. The molecule has 0 unspecified atom stereocenters. The lowest BCUT2D eigenvalue weighted by atomic mass is 10.1. The van der Waals surface area contributed by atoms with E-state index in [1.165, 1.54) is 12.1 Å². The van der Waals surface area contributed by atoms with Gasteiger partial charge in [-0.05, 0) is 29.8 Å². The van der Waals surface area contributed by atoms with Crippen molar-refractivity contribution in [3.05, 3.63) is 53.1 Å². The van der Waals surface area contributed by atoms with E-state index >= 15 is 0 Å². The van der Waals surface area contributed by atoms with Crippen molar-refractivity contribution in [2.75, 3.05) is 5.32 Å². The maximum atomic E-state index is 12.2. The fourth-order valence-electron chi connectivity index (χ4n) is 2.09. The summed E-state index contributed by atoms with van der Waals surface area (Å²) in [6.45, 7) is 0. The number of phenolic OH excluding ortho intramolecular Hbond substituents is 1. The quantitative estimate of drug-likeness (QED) is 0.524. The Kier molecular flexibility index (Phi) is 4.69. The molecule has 8 heteroatoms. The van der Waals surface area contributed by atoms with Gasteiger partial charge >= 0.3 is 11.9 Å². The minimum absolute atomic E-state index is 0.232. The fraction of sp³-hybridized carbons (Fsp3) is 0.0625. The van der Waals surface area contributed by atoms with E-state index in [1.54, 1.807) is 12.1 Å². The normalized spacial score (nSPS) is 10.2. The number of amides is 1. The second kappa shape index (κ2) is 6.69. The van der Waals surface area contributed by atoms with Crippen molar-refractivity contribution in [2.45, 2.75) is 6.42 Å². The molecule has 0 bridgehead atoms. The zero-order valence-electron chi connectivity index (χ0n) is 12.2. The summed E-state index contributed by atoms with van der Waals surface area (Å²) in [6.07, 6.45) is -0.232. The zero-order chi connectivity index (χ0) is 17.9. The molecule has 0 heterocycles. The van der Waals surface area contributed by atoms with Crippen LogP contribution in [-0.4, -0.2) is 38.3 Å². The number of phenols is 2. The SMILES string of the molecule is O=C(O)Cc1cccc(NC(=O)c2cc(O)cc(C(=O)O)c2O)c1. The van der Waals surface area contributed by atoms with Crippen LogP contribution in [0.2, 0.25) is 0 Å². The van der Waals surface area contributed by atoms with Gasteiger partial charge in [0, 0.05) is 5.69 Å². The van der Waals surface area contributed by atoms with Crippen LogP contribution in [0.4, 0.5) is 5.69 Å². The van der Waals surface area contributed by atoms with E-state index in [2.05, 4.69) is 5.32 Å². The Morgan fingerprint density at radius 3 is 2.25 bits per heavy atom. The van der Waals surface area contributed by atoms with E-state index in [0.29, 0.717) is 5.56 Å². The highest BCUT2D eigenvalue weighted by Gasteiger charge is 2.20. The number of hydrogen-bond acceptors (Lipinski definition) is 5. The second-order valence-electron chi connectivity index (χ2n) is 4.92. The number of aromatic carboxylic acids is 1. The molecule has 0 radical (unpaired) electrons.